The molecule has 0 atom stereocenters. The average molecular weight is 485 g/mol. The maximum atomic E-state index is 12.5. The minimum absolute atomic E-state index is 0.0619. The van der Waals surface area contributed by atoms with Gasteiger partial charge in [-0.1, -0.05) is 66.7 Å². The molecule has 7 nitrogen and oxygen atoms in total. The van der Waals surface area contributed by atoms with Crippen LogP contribution in [0.4, 0.5) is 0 Å². The van der Waals surface area contributed by atoms with Crippen molar-refractivity contribution in [3.63, 3.8) is 0 Å². The number of carbonyl (C=O) groups is 1. The molecule has 0 amide bonds. The van der Waals surface area contributed by atoms with Gasteiger partial charge in [-0.3, -0.25) is 9.59 Å². The summed E-state index contributed by atoms with van der Waals surface area (Å²) < 4.78 is 12.9. The van der Waals surface area contributed by atoms with Gasteiger partial charge in [-0.05, 0) is 35.7 Å². The van der Waals surface area contributed by atoms with Crippen LogP contribution in [-0.4, -0.2) is 34.1 Å². The van der Waals surface area contributed by atoms with Crippen LogP contribution >= 0.6 is 0 Å². The van der Waals surface area contributed by atoms with Gasteiger partial charge in [-0.2, -0.15) is 5.10 Å². The van der Waals surface area contributed by atoms with Crippen molar-refractivity contribution in [1.29, 1.82) is 0 Å². The van der Waals surface area contributed by atoms with E-state index in [-0.39, 0.29) is 31.0 Å². The van der Waals surface area contributed by atoms with E-state index in [1.165, 1.54) is 4.68 Å². The summed E-state index contributed by atoms with van der Waals surface area (Å²) in [6.45, 7) is 0.846. The molecule has 184 valence electrons. The van der Waals surface area contributed by atoms with Gasteiger partial charge in [0.2, 0.25) is 0 Å². The fraction of sp³-hybridized carbons (Fsp3) is 0.207. The molecular weight excluding hydrogens is 456 g/mol. The topological polar surface area (TPSA) is 90.7 Å². The molecule has 7 heteroatoms. The molecule has 0 spiro atoms. The summed E-state index contributed by atoms with van der Waals surface area (Å²) in [7, 11) is 0. The standard InChI is InChI=1S/C29H28N2O5/c32-27-17-16-26(29(22-9-3-1-4-10-22)23-11-5-2-6-12-23)30-31(27)18-20-36-25-14-7-13-24(21-25)35-19-8-15-28(33)34/h1-7,9-14,16-17,21,29H,8,15,18-20H2,(H,33,34). The zero-order valence-electron chi connectivity index (χ0n) is 19.8. The van der Waals surface area contributed by atoms with E-state index in [9.17, 15) is 9.59 Å². The van der Waals surface area contributed by atoms with Gasteiger partial charge in [0.1, 0.15) is 18.1 Å². The SMILES string of the molecule is O=C(O)CCCOc1cccc(OCCn2nc(C(c3ccccc3)c3ccccc3)ccc2=O)c1. The normalized spacial score (nSPS) is 10.8. The first-order chi connectivity index (χ1) is 17.6. The lowest BCUT2D eigenvalue weighted by Gasteiger charge is -2.18. The van der Waals surface area contributed by atoms with E-state index in [0.717, 1.165) is 16.8 Å². The number of carboxylic acid groups (broad SMARTS) is 1. The third-order valence-corrected chi connectivity index (χ3v) is 5.63. The Morgan fingerprint density at radius 3 is 2.03 bits per heavy atom. The molecule has 0 aliphatic carbocycles. The lowest BCUT2D eigenvalue weighted by Crippen LogP contribution is -2.26. The number of benzene rings is 3. The fourth-order valence-corrected chi connectivity index (χ4v) is 3.92. The Morgan fingerprint density at radius 2 is 1.42 bits per heavy atom. The van der Waals surface area contributed by atoms with Crippen molar-refractivity contribution in [2.45, 2.75) is 25.3 Å². The molecule has 1 aromatic heterocycles. The fourth-order valence-electron chi connectivity index (χ4n) is 3.92. The lowest BCUT2D eigenvalue weighted by molar-refractivity contribution is -0.137. The number of ether oxygens (including phenoxy) is 2. The van der Waals surface area contributed by atoms with Gasteiger partial charge in [0.15, 0.2) is 0 Å². The third kappa shape index (κ3) is 6.82. The highest BCUT2D eigenvalue weighted by molar-refractivity contribution is 5.66. The van der Waals surface area contributed by atoms with Gasteiger partial charge < -0.3 is 14.6 Å². The molecule has 0 unspecified atom stereocenters. The zero-order chi connectivity index (χ0) is 25.2. The second-order valence-electron chi connectivity index (χ2n) is 8.24. The number of rotatable bonds is 12. The maximum absolute atomic E-state index is 12.5. The van der Waals surface area contributed by atoms with E-state index in [0.29, 0.717) is 24.5 Å². The first kappa shape index (κ1) is 24.7. The minimum atomic E-state index is -0.845. The number of carboxylic acids is 1. The predicted octanol–water partition coefficient (Wildman–Crippen LogP) is 4.75. The van der Waals surface area contributed by atoms with Crippen LogP contribution < -0.4 is 15.0 Å². The summed E-state index contributed by atoms with van der Waals surface area (Å²) >= 11 is 0. The van der Waals surface area contributed by atoms with E-state index in [4.69, 9.17) is 14.6 Å². The summed E-state index contributed by atoms with van der Waals surface area (Å²) in [4.78, 5) is 23.2. The maximum Gasteiger partial charge on any atom is 0.303 e. The van der Waals surface area contributed by atoms with Gasteiger partial charge in [0, 0.05) is 18.6 Å². The zero-order valence-corrected chi connectivity index (χ0v) is 19.8. The molecule has 0 saturated carbocycles. The van der Waals surface area contributed by atoms with Crippen LogP contribution in [0.15, 0.2) is 102 Å². The van der Waals surface area contributed by atoms with Crippen LogP contribution in [0.3, 0.4) is 0 Å². The molecule has 0 saturated heterocycles. The second-order valence-corrected chi connectivity index (χ2v) is 8.24. The van der Waals surface area contributed by atoms with E-state index in [1.807, 2.05) is 36.4 Å². The number of hydrogen-bond acceptors (Lipinski definition) is 5. The quantitative estimate of drug-likeness (QED) is 0.292. The second kappa shape index (κ2) is 12.4. The summed E-state index contributed by atoms with van der Waals surface area (Å²) in [6, 6.07) is 30.7. The van der Waals surface area contributed by atoms with Gasteiger partial charge >= 0.3 is 5.97 Å². The van der Waals surface area contributed by atoms with Crippen LogP contribution in [0.2, 0.25) is 0 Å². The van der Waals surface area contributed by atoms with Crippen molar-refractivity contribution in [2.75, 3.05) is 13.2 Å². The first-order valence-corrected chi connectivity index (χ1v) is 11.9. The van der Waals surface area contributed by atoms with Crippen molar-refractivity contribution in [3.8, 4) is 11.5 Å². The largest absolute Gasteiger partial charge is 0.493 e. The monoisotopic (exact) mass is 484 g/mol. The molecule has 36 heavy (non-hydrogen) atoms. The average Bonchev–Trinajstić information content (AvgIpc) is 2.90. The molecule has 0 radical (unpaired) electrons. The molecule has 1 N–H and O–H groups in total. The minimum Gasteiger partial charge on any atom is -0.493 e. The molecule has 0 aliphatic heterocycles. The van der Waals surface area contributed by atoms with Crippen LogP contribution in [-0.2, 0) is 11.3 Å². The number of aliphatic carboxylic acids is 1. The Kier molecular flexibility index (Phi) is 8.48. The van der Waals surface area contributed by atoms with E-state index < -0.39 is 5.97 Å². The highest BCUT2D eigenvalue weighted by Crippen LogP contribution is 2.30. The molecule has 0 bridgehead atoms. The number of nitrogens with zero attached hydrogens (tertiary/aromatic N) is 2. The van der Waals surface area contributed by atoms with Crippen LogP contribution in [0, 0.1) is 0 Å². The first-order valence-electron chi connectivity index (χ1n) is 11.9. The van der Waals surface area contributed by atoms with E-state index in [2.05, 4.69) is 29.4 Å². The number of aromatic nitrogens is 2. The van der Waals surface area contributed by atoms with E-state index in [1.54, 1.807) is 36.4 Å². The highest BCUT2D eigenvalue weighted by Gasteiger charge is 2.19. The Morgan fingerprint density at radius 1 is 0.806 bits per heavy atom. The van der Waals surface area contributed by atoms with E-state index >= 15 is 0 Å². The Labute approximate surface area is 209 Å². The summed E-state index contributed by atoms with van der Waals surface area (Å²) in [5.74, 6) is 0.253. The smallest absolute Gasteiger partial charge is 0.303 e. The Balaban J connectivity index is 1.44. The summed E-state index contributed by atoms with van der Waals surface area (Å²) in [5.41, 5.74) is 2.78. The molecule has 4 rings (SSSR count). The number of hydrogen-bond donors (Lipinski definition) is 1. The molecule has 4 aromatic rings. The van der Waals surface area contributed by atoms with Crippen molar-refractivity contribution in [2.24, 2.45) is 0 Å². The molecule has 1 heterocycles. The van der Waals surface area contributed by atoms with Gasteiger partial charge in [0.05, 0.1) is 24.8 Å². The third-order valence-electron chi connectivity index (χ3n) is 5.63. The highest BCUT2D eigenvalue weighted by atomic mass is 16.5. The van der Waals surface area contributed by atoms with Crippen molar-refractivity contribution in [1.82, 2.24) is 9.78 Å². The Bertz CT molecular complexity index is 1280. The van der Waals surface area contributed by atoms with Gasteiger partial charge in [-0.25, -0.2) is 4.68 Å². The van der Waals surface area contributed by atoms with Crippen LogP contribution in [0.5, 0.6) is 11.5 Å². The molecule has 0 aliphatic rings. The Hall–Kier alpha value is -4.39. The molecule has 0 fully saturated rings. The van der Waals surface area contributed by atoms with Crippen molar-refractivity contribution >= 4 is 5.97 Å². The van der Waals surface area contributed by atoms with Gasteiger partial charge in [0.25, 0.3) is 5.56 Å². The van der Waals surface area contributed by atoms with Gasteiger partial charge in [-0.15, -0.1) is 0 Å². The molecule has 3 aromatic carbocycles. The van der Waals surface area contributed by atoms with Crippen LogP contribution in [0.1, 0.15) is 35.6 Å². The predicted molar refractivity (Wildman–Crippen MR) is 137 cm³/mol. The molecular formula is C29H28N2O5. The van der Waals surface area contributed by atoms with Crippen molar-refractivity contribution in [3.05, 3.63) is 124 Å². The van der Waals surface area contributed by atoms with Crippen LogP contribution in [0.25, 0.3) is 0 Å². The van der Waals surface area contributed by atoms with Crippen molar-refractivity contribution < 1.29 is 19.4 Å². The summed E-state index contributed by atoms with van der Waals surface area (Å²) in [6.07, 6.45) is 0.491. The summed E-state index contributed by atoms with van der Waals surface area (Å²) in [5, 5.41) is 13.4. The lowest BCUT2D eigenvalue weighted by atomic mass is 9.88.